The van der Waals surface area contributed by atoms with Crippen LogP contribution >= 0.6 is 0 Å². The van der Waals surface area contributed by atoms with E-state index in [2.05, 4.69) is 14.8 Å². The second kappa shape index (κ2) is 11.2. The van der Waals surface area contributed by atoms with Gasteiger partial charge in [0.2, 0.25) is 5.91 Å². The molecule has 35 heavy (non-hydrogen) atoms. The third-order valence-corrected chi connectivity index (χ3v) is 6.86. The highest BCUT2D eigenvalue weighted by Gasteiger charge is 2.31. The highest BCUT2D eigenvalue weighted by Crippen LogP contribution is 2.32. The first-order chi connectivity index (χ1) is 16.5. The first-order valence-corrected chi connectivity index (χ1v) is 12.6. The Balaban J connectivity index is 1.81. The van der Waals surface area contributed by atoms with Gasteiger partial charge in [0.05, 0.1) is 24.3 Å². The molecule has 0 unspecified atom stereocenters. The fourth-order valence-corrected chi connectivity index (χ4v) is 5.05. The molecule has 1 amide bonds. The van der Waals surface area contributed by atoms with Crippen molar-refractivity contribution in [3.05, 3.63) is 42.5 Å². The van der Waals surface area contributed by atoms with E-state index in [9.17, 15) is 31.5 Å². The number of carbonyl (C=O) groups is 1. The number of hydrogen-bond acceptors (Lipinski definition) is 6. The topological polar surface area (TPSA) is 114 Å². The second-order valence-corrected chi connectivity index (χ2v) is 9.73. The van der Waals surface area contributed by atoms with Gasteiger partial charge in [0.25, 0.3) is 10.0 Å². The lowest BCUT2D eigenvalue weighted by Gasteiger charge is -2.20. The lowest BCUT2D eigenvalue weighted by Crippen LogP contribution is -2.32. The van der Waals surface area contributed by atoms with Crippen LogP contribution in [0.2, 0.25) is 0 Å². The molecule has 2 aromatic carbocycles. The molecule has 1 fully saturated rings. The molecule has 8 nitrogen and oxygen atoms in total. The van der Waals surface area contributed by atoms with Gasteiger partial charge in [0.1, 0.15) is 16.4 Å². The quantitative estimate of drug-likeness (QED) is 0.440. The molecule has 0 aromatic heterocycles. The number of sulfonamides is 1. The number of nitrogens with one attached hydrogen (secondary N) is 2. The molecule has 1 aliphatic rings. The first kappa shape index (κ1) is 26.6. The van der Waals surface area contributed by atoms with Crippen molar-refractivity contribution in [2.45, 2.75) is 56.4 Å². The minimum absolute atomic E-state index is 0.0538. The van der Waals surface area contributed by atoms with Crippen molar-refractivity contribution in [1.82, 2.24) is 0 Å². The van der Waals surface area contributed by atoms with Crippen LogP contribution in [-0.2, 0) is 14.8 Å². The summed E-state index contributed by atoms with van der Waals surface area (Å²) in [6, 6.07) is 8.38. The maximum Gasteiger partial charge on any atom is 0.573 e. The van der Waals surface area contributed by atoms with E-state index in [4.69, 9.17) is 4.74 Å². The van der Waals surface area contributed by atoms with Gasteiger partial charge in [-0.15, -0.1) is 13.2 Å². The summed E-state index contributed by atoms with van der Waals surface area (Å²) in [7, 11) is -4.27. The number of ether oxygens (including phenoxy) is 2. The molecule has 3 rings (SSSR count). The van der Waals surface area contributed by atoms with Crippen molar-refractivity contribution in [3.8, 4) is 11.5 Å². The average Bonchev–Trinajstić information content (AvgIpc) is 2.97. The Morgan fingerprint density at radius 3 is 2.54 bits per heavy atom. The van der Waals surface area contributed by atoms with Crippen LogP contribution in [0, 0.1) is 5.92 Å². The highest BCUT2D eigenvalue weighted by molar-refractivity contribution is 7.92. The van der Waals surface area contributed by atoms with E-state index >= 15 is 0 Å². The molecule has 2 aromatic rings. The average molecular weight is 517 g/mol. The normalized spacial score (nSPS) is 18.9. The van der Waals surface area contributed by atoms with Gasteiger partial charge in [-0.05, 0) is 44.0 Å². The number of aliphatic hydroxyl groups is 1. The summed E-state index contributed by atoms with van der Waals surface area (Å²) in [5.41, 5.74) is 0.142. The number of benzene rings is 2. The standard InChI is InChI=1S/C23H27F3N2O6S/c1-2-33-20-14-15(27-22(30)18-9-4-3-5-10-19(18)29)11-12-21(20)35(31,32)28-16-7-6-8-17(13-16)34-23(24,25)26/h6-8,11-14,18-19,28-29H,2-5,9-10H2,1H3,(H,27,30)/t18-,19-/m1/s1. The van der Waals surface area contributed by atoms with Gasteiger partial charge in [-0.3, -0.25) is 9.52 Å². The molecule has 0 radical (unpaired) electrons. The number of anilines is 2. The van der Waals surface area contributed by atoms with E-state index in [-0.39, 0.29) is 34.5 Å². The Morgan fingerprint density at radius 2 is 1.83 bits per heavy atom. The van der Waals surface area contributed by atoms with Gasteiger partial charge in [-0.25, -0.2) is 8.42 Å². The Kier molecular flexibility index (Phi) is 8.49. The third kappa shape index (κ3) is 7.49. The minimum Gasteiger partial charge on any atom is -0.492 e. The number of aliphatic hydroxyl groups excluding tert-OH is 1. The molecule has 2 atom stereocenters. The number of carbonyl (C=O) groups excluding carboxylic acids is 1. The summed E-state index contributed by atoms with van der Waals surface area (Å²) in [5.74, 6) is -1.57. The summed E-state index contributed by atoms with van der Waals surface area (Å²) in [5, 5.41) is 13.0. The summed E-state index contributed by atoms with van der Waals surface area (Å²) in [6.07, 6.45) is -1.95. The van der Waals surface area contributed by atoms with E-state index < -0.39 is 34.2 Å². The maximum atomic E-state index is 13.0. The van der Waals surface area contributed by atoms with Crippen molar-refractivity contribution >= 4 is 27.3 Å². The molecule has 0 bridgehead atoms. The molecular weight excluding hydrogens is 489 g/mol. The van der Waals surface area contributed by atoms with Crippen molar-refractivity contribution in [3.63, 3.8) is 0 Å². The van der Waals surface area contributed by atoms with E-state index in [1.165, 1.54) is 30.3 Å². The fraction of sp³-hybridized carbons (Fsp3) is 0.435. The van der Waals surface area contributed by atoms with Crippen LogP contribution in [0.3, 0.4) is 0 Å². The molecule has 0 spiro atoms. The Morgan fingerprint density at radius 1 is 1.09 bits per heavy atom. The molecule has 192 valence electrons. The lowest BCUT2D eigenvalue weighted by molar-refractivity contribution is -0.274. The Hall–Kier alpha value is -2.99. The van der Waals surface area contributed by atoms with Gasteiger partial charge in [-0.2, -0.15) is 0 Å². The van der Waals surface area contributed by atoms with E-state index in [1.54, 1.807) is 6.92 Å². The first-order valence-electron chi connectivity index (χ1n) is 11.1. The summed E-state index contributed by atoms with van der Waals surface area (Å²) < 4.78 is 74.9. The molecule has 1 saturated carbocycles. The van der Waals surface area contributed by atoms with Crippen molar-refractivity contribution in [2.24, 2.45) is 5.92 Å². The molecule has 3 N–H and O–H groups in total. The zero-order valence-corrected chi connectivity index (χ0v) is 19.8. The zero-order chi connectivity index (χ0) is 25.6. The van der Waals surface area contributed by atoms with Gasteiger partial charge in [0.15, 0.2) is 0 Å². The van der Waals surface area contributed by atoms with Crippen molar-refractivity contribution in [2.75, 3.05) is 16.6 Å². The lowest BCUT2D eigenvalue weighted by atomic mass is 9.96. The molecule has 0 heterocycles. The molecule has 1 aliphatic carbocycles. The number of amides is 1. The van der Waals surface area contributed by atoms with E-state index in [0.717, 1.165) is 31.4 Å². The summed E-state index contributed by atoms with van der Waals surface area (Å²) in [6.45, 7) is 1.77. The van der Waals surface area contributed by atoms with Crippen LogP contribution in [0.25, 0.3) is 0 Å². The Bertz CT molecular complexity index is 1140. The van der Waals surface area contributed by atoms with Gasteiger partial charge >= 0.3 is 6.36 Å². The van der Waals surface area contributed by atoms with Crippen molar-refractivity contribution in [1.29, 1.82) is 0 Å². The maximum absolute atomic E-state index is 13.0. The predicted molar refractivity (Wildman–Crippen MR) is 123 cm³/mol. The van der Waals surface area contributed by atoms with Crippen LogP contribution in [-0.4, -0.2) is 38.5 Å². The van der Waals surface area contributed by atoms with Crippen LogP contribution in [0.15, 0.2) is 47.4 Å². The van der Waals surface area contributed by atoms with Crippen LogP contribution in [0.4, 0.5) is 24.5 Å². The molecule has 0 saturated heterocycles. The SMILES string of the molecule is CCOc1cc(NC(=O)[C@@H]2CCCCC[C@H]2O)ccc1S(=O)(=O)Nc1cccc(OC(F)(F)F)c1. The van der Waals surface area contributed by atoms with Crippen LogP contribution in [0.5, 0.6) is 11.5 Å². The van der Waals surface area contributed by atoms with Crippen LogP contribution in [0.1, 0.15) is 39.0 Å². The number of rotatable bonds is 8. The monoisotopic (exact) mass is 516 g/mol. The van der Waals surface area contributed by atoms with Crippen LogP contribution < -0.4 is 19.5 Å². The summed E-state index contributed by atoms with van der Waals surface area (Å²) >= 11 is 0. The fourth-order valence-electron chi connectivity index (χ4n) is 3.87. The number of hydrogen-bond donors (Lipinski definition) is 3. The molecule has 0 aliphatic heterocycles. The highest BCUT2D eigenvalue weighted by atomic mass is 32.2. The predicted octanol–water partition coefficient (Wildman–Crippen LogP) is 4.66. The largest absolute Gasteiger partial charge is 0.573 e. The van der Waals surface area contributed by atoms with Crippen molar-refractivity contribution < 1.29 is 41.0 Å². The van der Waals surface area contributed by atoms with Gasteiger partial charge in [0, 0.05) is 17.8 Å². The zero-order valence-electron chi connectivity index (χ0n) is 19.0. The van der Waals surface area contributed by atoms with Gasteiger partial charge < -0.3 is 19.9 Å². The van der Waals surface area contributed by atoms with E-state index in [0.29, 0.717) is 12.8 Å². The minimum atomic E-state index is -4.92. The summed E-state index contributed by atoms with van der Waals surface area (Å²) in [4.78, 5) is 12.4. The Labute approximate surface area is 201 Å². The third-order valence-electron chi connectivity index (χ3n) is 5.44. The van der Waals surface area contributed by atoms with Gasteiger partial charge in [-0.1, -0.05) is 25.3 Å². The van der Waals surface area contributed by atoms with E-state index in [1.807, 2.05) is 0 Å². The number of halogens is 3. The molecular formula is C23H27F3N2O6S. The second-order valence-electron chi connectivity index (χ2n) is 8.08. The number of alkyl halides is 3. The molecule has 12 heteroatoms. The smallest absolute Gasteiger partial charge is 0.492 e.